The van der Waals surface area contributed by atoms with Crippen LogP contribution in [0.15, 0.2) is 53.4 Å². The van der Waals surface area contributed by atoms with Crippen LogP contribution in [0.4, 0.5) is 4.39 Å². The molecule has 10 heteroatoms. The topological polar surface area (TPSA) is 111 Å². The van der Waals surface area contributed by atoms with Crippen molar-refractivity contribution in [3.8, 4) is 17.1 Å². The van der Waals surface area contributed by atoms with Crippen molar-refractivity contribution in [2.24, 2.45) is 0 Å². The number of halogens is 1. The van der Waals surface area contributed by atoms with Gasteiger partial charge in [0.2, 0.25) is 5.88 Å². The molecule has 1 atom stereocenters. The highest BCUT2D eigenvalue weighted by Crippen LogP contribution is 2.23. The van der Waals surface area contributed by atoms with Gasteiger partial charge in [-0.1, -0.05) is 5.16 Å². The molecule has 1 N–H and O–H groups in total. The van der Waals surface area contributed by atoms with E-state index in [0.29, 0.717) is 34.7 Å². The molecule has 0 radical (unpaired) electrons. The lowest BCUT2D eigenvalue weighted by Crippen LogP contribution is -2.35. The molecule has 8 nitrogen and oxygen atoms in total. The average molecular weight is 431 g/mol. The van der Waals surface area contributed by atoms with Crippen LogP contribution in [0, 0.1) is 5.82 Å². The van der Waals surface area contributed by atoms with Crippen molar-refractivity contribution in [2.75, 3.05) is 11.5 Å². The summed E-state index contributed by atoms with van der Waals surface area (Å²) >= 11 is 0. The molecule has 1 saturated heterocycles. The first-order valence-electron chi connectivity index (χ1n) is 9.19. The van der Waals surface area contributed by atoms with Crippen molar-refractivity contribution in [2.45, 2.75) is 19.1 Å². The Bertz CT molecular complexity index is 1140. The van der Waals surface area contributed by atoms with Crippen molar-refractivity contribution < 1.29 is 26.9 Å². The molecule has 30 heavy (non-hydrogen) atoms. The van der Waals surface area contributed by atoms with E-state index in [1.54, 1.807) is 24.3 Å². The summed E-state index contributed by atoms with van der Waals surface area (Å²) in [6.07, 6.45) is 3.22. The van der Waals surface area contributed by atoms with E-state index >= 15 is 0 Å². The summed E-state index contributed by atoms with van der Waals surface area (Å²) in [5.41, 5.74) is 2.20. The lowest BCUT2D eigenvalue weighted by atomic mass is 10.1. The van der Waals surface area contributed by atoms with E-state index in [-0.39, 0.29) is 35.9 Å². The third-order valence-electron chi connectivity index (χ3n) is 4.70. The van der Waals surface area contributed by atoms with E-state index in [9.17, 15) is 17.6 Å². The average Bonchev–Trinajstić information content (AvgIpc) is 3.33. The molecular formula is C20H18FN3O5S. The molecule has 1 fully saturated rings. The Hall–Kier alpha value is -3.27. The van der Waals surface area contributed by atoms with E-state index in [1.807, 2.05) is 0 Å². The van der Waals surface area contributed by atoms with E-state index in [4.69, 9.17) is 9.26 Å². The van der Waals surface area contributed by atoms with Gasteiger partial charge in [0, 0.05) is 23.9 Å². The molecule has 1 aliphatic heterocycles. The quantitative estimate of drug-likeness (QED) is 0.638. The first-order chi connectivity index (χ1) is 14.4. The number of carbonyl (C=O) groups is 1. The number of sulfone groups is 1. The van der Waals surface area contributed by atoms with Crippen LogP contribution in [0.25, 0.3) is 11.3 Å². The number of hydrogen-bond acceptors (Lipinski definition) is 7. The molecule has 0 aliphatic carbocycles. The van der Waals surface area contributed by atoms with E-state index in [1.165, 1.54) is 24.6 Å². The Morgan fingerprint density at radius 3 is 2.70 bits per heavy atom. The lowest BCUT2D eigenvalue weighted by molar-refractivity contribution is 0.0940. The van der Waals surface area contributed by atoms with Gasteiger partial charge in [0.15, 0.2) is 9.84 Å². The van der Waals surface area contributed by atoms with Crippen LogP contribution >= 0.6 is 0 Å². The van der Waals surface area contributed by atoms with Crippen LogP contribution in [0.5, 0.6) is 5.88 Å². The molecular weight excluding hydrogens is 413 g/mol. The predicted octanol–water partition coefficient (Wildman–Crippen LogP) is 2.37. The first-order valence-corrected chi connectivity index (χ1v) is 11.0. The van der Waals surface area contributed by atoms with Gasteiger partial charge in [0.1, 0.15) is 24.4 Å². The van der Waals surface area contributed by atoms with Crippen LogP contribution in [0.1, 0.15) is 22.3 Å². The standard InChI is InChI=1S/C20H18FN3O5S/c21-16-4-1-13(2-5-16)19-15(11-29-24-19)10-28-18-6-3-14(9-22-18)20(25)23-17-7-8-30(26,27)12-17/h1-6,9,11,17H,7-8,10,12H2,(H,23,25). The summed E-state index contributed by atoms with van der Waals surface area (Å²) in [7, 11) is -3.07. The highest BCUT2D eigenvalue weighted by Gasteiger charge is 2.29. The molecule has 1 unspecified atom stereocenters. The molecule has 4 rings (SSSR count). The molecule has 1 aromatic carbocycles. The van der Waals surface area contributed by atoms with Gasteiger partial charge in [-0.05, 0) is 36.8 Å². The van der Waals surface area contributed by atoms with Gasteiger partial charge in [-0.3, -0.25) is 4.79 Å². The Labute approximate surface area is 172 Å². The monoisotopic (exact) mass is 431 g/mol. The Morgan fingerprint density at radius 2 is 2.03 bits per heavy atom. The second-order valence-electron chi connectivity index (χ2n) is 6.94. The molecule has 3 aromatic rings. The van der Waals surface area contributed by atoms with E-state index < -0.39 is 9.84 Å². The van der Waals surface area contributed by atoms with Gasteiger partial charge in [-0.15, -0.1) is 0 Å². The third kappa shape index (κ3) is 4.65. The number of hydrogen-bond donors (Lipinski definition) is 1. The molecule has 2 aromatic heterocycles. The summed E-state index contributed by atoms with van der Waals surface area (Å²) in [4.78, 5) is 16.4. The van der Waals surface area contributed by atoms with Crippen molar-refractivity contribution in [3.63, 3.8) is 0 Å². The van der Waals surface area contributed by atoms with Crippen molar-refractivity contribution in [1.29, 1.82) is 0 Å². The zero-order valence-electron chi connectivity index (χ0n) is 15.7. The normalized spacial score (nSPS) is 17.6. The smallest absolute Gasteiger partial charge is 0.253 e. The maximum Gasteiger partial charge on any atom is 0.253 e. The number of benzene rings is 1. The van der Waals surface area contributed by atoms with Gasteiger partial charge < -0.3 is 14.6 Å². The fourth-order valence-electron chi connectivity index (χ4n) is 3.13. The summed E-state index contributed by atoms with van der Waals surface area (Å²) < 4.78 is 46.7. The molecule has 1 amide bonds. The van der Waals surface area contributed by atoms with Crippen molar-refractivity contribution >= 4 is 15.7 Å². The highest BCUT2D eigenvalue weighted by atomic mass is 32.2. The summed E-state index contributed by atoms with van der Waals surface area (Å²) in [6.45, 7) is 0.120. The molecule has 3 heterocycles. The van der Waals surface area contributed by atoms with Gasteiger partial charge >= 0.3 is 0 Å². The zero-order valence-corrected chi connectivity index (χ0v) is 16.6. The minimum absolute atomic E-state index is 0.0392. The number of amides is 1. The van der Waals surface area contributed by atoms with Gasteiger partial charge in [-0.2, -0.15) is 0 Å². The summed E-state index contributed by atoms with van der Waals surface area (Å²) in [6, 6.07) is 8.58. The first kappa shape index (κ1) is 20.0. The van der Waals surface area contributed by atoms with Crippen LogP contribution in [-0.4, -0.2) is 42.0 Å². The lowest BCUT2D eigenvalue weighted by Gasteiger charge is -2.11. The van der Waals surface area contributed by atoms with Crippen LogP contribution in [0.2, 0.25) is 0 Å². The fourth-order valence-corrected chi connectivity index (χ4v) is 4.81. The number of rotatable bonds is 6. The number of aromatic nitrogens is 2. The maximum atomic E-state index is 13.1. The van der Waals surface area contributed by atoms with Gasteiger partial charge in [0.25, 0.3) is 5.91 Å². The number of ether oxygens (including phenoxy) is 1. The second kappa shape index (κ2) is 8.23. The SMILES string of the molecule is O=C(NC1CCS(=O)(=O)C1)c1ccc(OCc2conc2-c2ccc(F)cc2)nc1. The fraction of sp³-hybridized carbons (Fsp3) is 0.250. The predicted molar refractivity (Wildman–Crippen MR) is 105 cm³/mol. The van der Waals surface area contributed by atoms with Crippen LogP contribution in [0.3, 0.4) is 0 Å². The molecule has 0 spiro atoms. The molecule has 156 valence electrons. The van der Waals surface area contributed by atoms with Gasteiger partial charge in [-0.25, -0.2) is 17.8 Å². The molecule has 0 bridgehead atoms. The number of nitrogens with one attached hydrogen (secondary N) is 1. The minimum atomic E-state index is -3.07. The Morgan fingerprint density at radius 1 is 1.23 bits per heavy atom. The van der Waals surface area contributed by atoms with E-state index in [2.05, 4.69) is 15.5 Å². The van der Waals surface area contributed by atoms with Crippen LogP contribution in [-0.2, 0) is 16.4 Å². The molecule has 0 saturated carbocycles. The Balaban J connectivity index is 1.36. The zero-order chi connectivity index (χ0) is 21.1. The van der Waals surface area contributed by atoms with Gasteiger partial charge in [0.05, 0.1) is 22.6 Å². The van der Waals surface area contributed by atoms with Crippen LogP contribution < -0.4 is 10.1 Å². The highest BCUT2D eigenvalue weighted by molar-refractivity contribution is 7.91. The Kier molecular flexibility index (Phi) is 5.49. The summed E-state index contributed by atoms with van der Waals surface area (Å²) in [5, 5.41) is 6.64. The largest absolute Gasteiger partial charge is 0.473 e. The summed E-state index contributed by atoms with van der Waals surface area (Å²) in [5.74, 6) is -0.383. The maximum absolute atomic E-state index is 13.1. The number of pyridine rings is 1. The van der Waals surface area contributed by atoms with Crippen molar-refractivity contribution in [1.82, 2.24) is 15.5 Å². The minimum Gasteiger partial charge on any atom is -0.473 e. The second-order valence-corrected chi connectivity index (χ2v) is 9.17. The van der Waals surface area contributed by atoms with Crippen molar-refractivity contribution in [3.05, 3.63) is 65.8 Å². The number of nitrogens with zero attached hydrogens (tertiary/aromatic N) is 2. The molecule has 1 aliphatic rings. The third-order valence-corrected chi connectivity index (χ3v) is 6.47. The number of carbonyl (C=O) groups excluding carboxylic acids is 1. The van der Waals surface area contributed by atoms with E-state index in [0.717, 1.165) is 0 Å².